The zero-order chi connectivity index (χ0) is 15.1. The van der Waals surface area contributed by atoms with Crippen molar-refractivity contribution in [2.75, 3.05) is 5.32 Å². The number of aromatic nitrogens is 1. The summed E-state index contributed by atoms with van der Waals surface area (Å²) in [6, 6.07) is 5.63. The van der Waals surface area contributed by atoms with Crippen LogP contribution in [0.4, 0.5) is 5.13 Å². The van der Waals surface area contributed by atoms with Crippen LogP contribution in [0.5, 0.6) is 0 Å². The predicted molar refractivity (Wildman–Crippen MR) is 91.4 cm³/mol. The summed E-state index contributed by atoms with van der Waals surface area (Å²) in [7, 11) is 0. The van der Waals surface area contributed by atoms with Crippen LogP contribution in [0.3, 0.4) is 0 Å². The number of anilines is 1. The van der Waals surface area contributed by atoms with Crippen LogP contribution in [-0.2, 0) is 4.79 Å². The number of nitrogens with one attached hydrogen (secondary N) is 1. The quantitative estimate of drug-likeness (QED) is 0.829. The highest BCUT2D eigenvalue weighted by molar-refractivity contribution is 7.22. The second-order valence-corrected chi connectivity index (χ2v) is 8.15. The van der Waals surface area contributed by atoms with Crippen molar-refractivity contribution in [1.82, 2.24) is 4.98 Å². The van der Waals surface area contributed by atoms with Gasteiger partial charge in [-0.25, -0.2) is 4.98 Å². The molecule has 0 aliphatic heterocycles. The molecule has 1 aromatic carbocycles. The molecule has 2 bridgehead atoms. The summed E-state index contributed by atoms with van der Waals surface area (Å²) in [5, 5.41) is 4.43. The Bertz CT molecular complexity index is 702. The van der Waals surface area contributed by atoms with E-state index in [1.54, 1.807) is 0 Å². The van der Waals surface area contributed by atoms with Crippen LogP contribution in [0, 0.1) is 17.8 Å². The number of carbonyl (C=O) groups is 1. The fourth-order valence-corrected chi connectivity index (χ4v) is 5.25. The van der Waals surface area contributed by atoms with Crippen molar-refractivity contribution in [3.05, 3.63) is 23.2 Å². The molecule has 2 atom stereocenters. The standard InChI is InChI=1S/C17H19ClN2OS/c18-13-4-5-14-15(9-13)22-17(19-14)20-16(21)12-7-10-2-1-3-11(6-10)8-12/h4-5,9-12H,1-3,6-8H2,(H,19,20,21). The maximum absolute atomic E-state index is 12.6. The first-order chi connectivity index (χ1) is 10.7. The largest absolute Gasteiger partial charge is 0.302 e. The monoisotopic (exact) mass is 334 g/mol. The molecule has 3 nitrogen and oxygen atoms in total. The van der Waals surface area contributed by atoms with Gasteiger partial charge in [0.25, 0.3) is 0 Å². The number of thiazole rings is 1. The molecule has 1 aromatic heterocycles. The summed E-state index contributed by atoms with van der Waals surface area (Å²) in [4.78, 5) is 17.1. The van der Waals surface area contributed by atoms with E-state index in [-0.39, 0.29) is 11.8 Å². The molecule has 1 heterocycles. The Labute approximate surface area is 139 Å². The summed E-state index contributed by atoms with van der Waals surface area (Å²) in [6.45, 7) is 0. The van der Waals surface area contributed by atoms with Crippen molar-refractivity contribution in [2.45, 2.75) is 38.5 Å². The van der Waals surface area contributed by atoms with E-state index in [9.17, 15) is 4.79 Å². The molecule has 2 saturated carbocycles. The van der Waals surface area contributed by atoms with Crippen LogP contribution in [0.15, 0.2) is 18.2 Å². The van der Waals surface area contributed by atoms with Crippen LogP contribution < -0.4 is 5.32 Å². The number of hydrogen-bond acceptors (Lipinski definition) is 3. The number of hydrogen-bond donors (Lipinski definition) is 1. The van der Waals surface area contributed by atoms with Crippen molar-refractivity contribution < 1.29 is 4.79 Å². The first-order valence-corrected chi connectivity index (χ1v) is 9.24. The summed E-state index contributed by atoms with van der Waals surface area (Å²) in [5.41, 5.74) is 0.894. The van der Waals surface area contributed by atoms with E-state index >= 15 is 0 Å². The molecule has 116 valence electrons. The van der Waals surface area contributed by atoms with E-state index in [0.717, 1.165) is 34.9 Å². The number of nitrogens with zero attached hydrogens (tertiary/aromatic N) is 1. The summed E-state index contributed by atoms with van der Waals surface area (Å²) < 4.78 is 1.02. The Balaban J connectivity index is 1.48. The molecule has 4 rings (SSSR count). The molecule has 2 aromatic rings. The number of fused-ring (bicyclic) bond motifs is 3. The number of benzene rings is 1. The summed E-state index contributed by atoms with van der Waals surface area (Å²) in [5.74, 6) is 1.84. The van der Waals surface area contributed by atoms with Gasteiger partial charge in [0.15, 0.2) is 5.13 Å². The van der Waals surface area contributed by atoms with Gasteiger partial charge in [-0.15, -0.1) is 0 Å². The van der Waals surface area contributed by atoms with E-state index in [2.05, 4.69) is 10.3 Å². The molecule has 2 aliphatic carbocycles. The zero-order valence-electron chi connectivity index (χ0n) is 12.3. The maximum Gasteiger partial charge on any atom is 0.229 e. The molecule has 2 aliphatic rings. The van der Waals surface area contributed by atoms with Crippen molar-refractivity contribution >= 4 is 44.2 Å². The van der Waals surface area contributed by atoms with E-state index < -0.39 is 0 Å². The van der Waals surface area contributed by atoms with E-state index in [1.807, 2.05) is 18.2 Å². The van der Waals surface area contributed by atoms with Gasteiger partial charge in [-0.1, -0.05) is 42.2 Å². The highest BCUT2D eigenvalue weighted by Gasteiger charge is 2.35. The Hall–Kier alpha value is -1.13. The first kappa shape index (κ1) is 14.5. The number of carbonyl (C=O) groups excluding carboxylic acids is 1. The third-order valence-electron chi connectivity index (χ3n) is 5.08. The third kappa shape index (κ3) is 2.86. The molecule has 5 heteroatoms. The second kappa shape index (κ2) is 5.82. The van der Waals surface area contributed by atoms with Gasteiger partial charge in [0.2, 0.25) is 5.91 Å². The van der Waals surface area contributed by atoms with Crippen LogP contribution in [0.25, 0.3) is 10.2 Å². The molecule has 1 amide bonds. The van der Waals surface area contributed by atoms with Crippen molar-refractivity contribution in [1.29, 1.82) is 0 Å². The van der Waals surface area contributed by atoms with Gasteiger partial charge < -0.3 is 5.32 Å². The smallest absolute Gasteiger partial charge is 0.229 e. The number of rotatable bonds is 2. The van der Waals surface area contributed by atoms with Crippen molar-refractivity contribution in [3.63, 3.8) is 0 Å². The molecule has 0 radical (unpaired) electrons. The zero-order valence-corrected chi connectivity index (χ0v) is 13.9. The van der Waals surface area contributed by atoms with Crippen molar-refractivity contribution in [2.24, 2.45) is 17.8 Å². The minimum Gasteiger partial charge on any atom is -0.302 e. The Morgan fingerprint density at radius 3 is 2.77 bits per heavy atom. The normalized spacial score (nSPS) is 27.8. The fraction of sp³-hybridized carbons (Fsp3) is 0.529. The molecule has 1 N–H and O–H groups in total. The number of amides is 1. The second-order valence-electron chi connectivity index (χ2n) is 6.69. The minimum absolute atomic E-state index is 0.154. The predicted octanol–water partition coefficient (Wildman–Crippen LogP) is 5.10. The van der Waals surface area contributed by atoms with Crippen molar-refractivity contribution in [3.8, 4) is 0 Å². The van der Waals surface area contributed by atoms with Gasteiger partial charge in [0.05, 0.1) is 10.2 Å². The lowest BCUT2D eigenvalue weighted by atomic mass is 9.68. The summed E-state index contributed by atoms with van der Waals surface area (Å²) >= 11 is 7.50. The molecule has 22 heavy (non-hydrogen) atoms. The fourth-order valence-electron chi connectivity index (χ4n) is 4.10. The van der Waals surface area contributed by atoms with Crippen LogP contribution in [0.1, 0.15) is 38.5 Å². The van der Waals surface area contributed by atoms with E-state index in [0.29, 0.717) is 10.2 Å². The average molecular weight is 335 g/mol. The molecule has 2 fully saturated rings. The Kier molecular flexibility index (Phi) is 3.82. The molecule has 2 unspecified atom stereocenters. The van der Waals surface area contributed by atoms with Gasteiger partial charge in [0.1, 0.15) is 0 Å². The lowest BCUT2D eigenvalue weighted by Crippen LogP contribution is -2.33. The third-order valence-corrected chi connectivity index (χ3v) is 6.25. The molecule has 0 saturated heterocycles. The Morgan fingerprint density at radius 2 is 2.00 bits per heavy atom. The van der Waals surface area contributed by atoms with Gasteiger partial charge in [-0.2, -0.15) is 0 Å². The molecular weight excluding hydrogens is 316 g/mol. The highest BCUT2D eigenvalue weighted by atomic mass is 35.5. The van der Waals surface area contributed by atoms with Gasteiger partial charge >= 0.3 is 0 Å². The lowest BCUT2D eigenvalue weighted by Gasteiger charge is -2.38. The minimum atomic E-state index is 0.154. The van der Waals surface area contributed by atoms with Crippen LogP contribution in [-0.4, -0.2) is 10.9 Å². The molecule has 0 spiro atoms. The average Bonchev–Trinajstić information content (AvgIpc) is 2.88. The summed E-state index contributed by atoms with van der Waals surface area (Å²) in [6.07, 6.45) is 7.41. The molecular formula is C17H19ClN2OS. The topological polar surface area (TPSA) is 42.0 Å². The maximum atomic E-state index is 12.6. The van der Waals surface area contributed by atoms with E-state index in [4.69, 9.17) is 11.6 Å². The SMILES string of the molecule is O=C(Nc1nc2ccc(Cl)cc2s1)C1CC2CCCC(C2)C1. The van der Waals surface area contributed by atoms with E-state index in [1.165, 1.54) is 37.0 Å². The lowest BCUT2D eigenvalue weighted by molar-refractivity contribution is -0.122. The first-order valence-electron chi connectivity index (χ1n) is 8.04. The highest BCUT2D eigenvalue weighted by Crippen LogP contribution is 2.43. The van der Waals surface area contributed by atoms with Crippen LogP contribution in [0.2, 0.25) is 5.02 Å². The number of halogens is 1. The van der Waals surface area contributed by atoms with Gasteiger partial charge in [0, 0.05) is 10.9 Å². The van der Waals surface area contributed by atoms with Crippen LogP contribution >= 0.6 is 22.9 Å². The van der Waals surface area contributed by atoms with Gasteiger partial charge in [-0.3, -0.25) is 4.79 Å². The van der Waals surface area contributed by atoms with Gasteiger partial charge in [-0.05, 0) is 49.3 Å². The Morgan fingerprint density at radius 1 is 1.23 bits per heavy atom.